The molecule has 0 unspecified atom stereocenters. The van der Waals surface area contributed by atoms with Crippen LogP contribution in [0.25, 0.3) is 11.3 Å². The third-order valence-corrected chi connectivity index (χ3v) is 8.38. The summed E-state index contributed by atoms with van der Waals surface area (Å²) in [6, 6.07) is 15.1. The van der Waals surface area contributed by atoms with Crippen molar-refractivity contribution < 1.29 is 28.1 Å². The number of amides is 1. The fourth-order valence-corrected chi connectivity index (χ4v) is 5.51. The number of nitrogens with zero attached hydrogens (tertiary/aromatic N) is 3. The number of piperidine rings is 1. The minimum Gasteiger partial charge on any atom is -0.497 e. The van der Waals surface area contributed by atoms with Crippen LogP contribution in [0, 0.1) is 26.6 Å². The predicted molar refractivity (Wildman–Crippen MR) is 181 cm³/mol. The molecule has 2 heterocycles. The lowest BCUT2D eigenvalue weighted by Gasteiger charge is -2.26. The largest absolute Gasteiger partial charge is 0.497 e. The summed E-state index contributed by atoms with van der Waals surface area (Å²) >= 11 is 0. The van der Waals surface area contributed by atoms with Crippen LogP contribution in [0.5, 0.6) is 23.0 Å². The Balaban J connectivity index is 1.34. The van der Waals surface area contributed by atoms with Gasteiger partial charge in [0.25, 0.3) is 0 Å². The van der Waals surface area contributed by atoms with Crippen LogP contribution in [0.1, 0.15) is 42.4 Å². The van der Waals surface area contributed by atoms with E-state index in [4.69, 9.17) is 23.9 Å². The number of hydrogen-bond acceptors (Lipinski definition) is 9. The van der Waals surface area contributed by atoms with Gasteiger partial charge in [0.05, 0.1) is 26.5 Å². The maximum absolute atomic E-state index is 15.1. The second-order valence-corrected chi connectivity index (χ2v) is 11.5. The Morgan fingerprint density at radius 3 is 2.40 bits per heavy atom. The summed E-state index contributed by atoms with van der Waals surface area (Å²) in [5.74, 6) is 1.12. The highest BCUT2D eigenvalue weighted by atomic mass is 19.1. The van der Waals surface area contributed by atoms with Crippen LogP contribution in [0.15, 0.2) is 54.6 Å². The van der Waals surface area contributed by atoms with Crippen molar-refractivity contribution in [2.45, 2.75) is 46.5 Å². The van der Waals surface area contributed by atoms with Crippen LogP contribution in [0.4, 0.5) is 26.6 Å². The normalized spacial score (nSPS) is 13.1. The average molecular weight is 644 g/mol. The highest BCUT2D eigenvalue weighted by molar-refractivity contribution is 5.87. The Morgan fingerprint density at radius 2 is 1.66 bits per heavy atom. The number of hydrogen-bond donors (Lipinski definition) is 2. The number of carbonyl (C=O) groups is 1. The van der Waals surface area contributed by atoms with Crippen molar-refractivity contribution in [2.75, 3.05) is 51.1 Å². The van der Waals surface area contributed by atoms with Crippen molar-refractivity contribution in [3.05, 3.63) is 77.1 Å². The Bertz CT molecular complexity index is 1710. The smallest absolute Gasteiger partial charge is 0.418 e. The van der Waals surface area contributed by atoms with Crippen molar-refractivity contribution in [3.63, 3.8) is 0 Å². The van der Waals surface area contributed by atoms with E-state index >= 15 is 4.39 Å². The molecule has 11 heteroatoms. The predicted octanol–water partition coefficient (Wildman–Crippen LogP) is 7.83. The van der Waals surface area contributed by atoms with Gasteiger partial charge >= 0.3 is 6.09 Å². The molecule has 5 rings (SSSR count). The summed E-state index contributed by atoms with van der Waals surface area (Å²) in [4.78, 5) is 24.6. The van der Waals surface area contributed by atoms with Crippen LogP contribution in [-0.2, 0) is 0 Å². The van der Waals surface area contributed by atoms with E-state index < -0.39 is 11.9 Å². The summed E-state index contributed by atoms with van der Waals surface area (Å²) in [5.41, 5.74) is 5.18. The number of anilines is 3. The van der Waals surface area contributed by atoms with Crippen LogP contribution < -0.4 is 29.6 Å². The molecule has 0 saturated carbocycles. The second-order valence-electron chi connectivity index (χ2n) is 11.5. The molecule has 2 N–H and O–H groups in total. The van der Waals surface area contributed by atoms with Crippen molar-refractivity contribution in [1.82, 2.24) is 14.9 Å². The Kier molecular flexibility index (Phi) is 11.1. The fraction of sp³-hybridized carbons (Fsp3) is 0.361. The zero-order valence-electron chi connectivity index (χ0n) is 27.6. The number of aryl methyl sites for hydroxylation is 1. The minimum atomic E-state index is -0.784. The van der Waals surface area contributed by atoms with Gasteiger partial charge in [-0.3, -0.25) is 5.32 Å². The molecular formula is C36H42FN5O5. The summed E-state index contributed by atoms with van der Waals surface area (Å²) in [7, 11) is 3.00. The molecular weight excluding hydrogens is 601 g/mol. The molecule has 1 saturated heterocycles. The number of methoxy groups -OCH3 is 2. The molecule has 0 radical (unpaired) electrons. The van der Waals surface area contributed by atoms with E-state index in [0.29, 0.717) is 29.5 Å². The van der Waals surface area contributed by atoms with Gasteiger partial charge in [0.2, 0.25) is 5.95 Å². The van der Waals surface area contributed by atoms with Crippen LogP contribution >= 0.6 is 0 Å². The van der Waals surface area contributed by atoms with E-state index in [1.54, 1.807) is 36.4 Å². The summed E-state index contributed by atoms with van der Waals surface area (Å²) in [5, 5.41) is 5.77. The number of nitrogens with one attached hydrogen (secondary N) is 2. The number of ether oxygens (including phenoxy) is 4. The van der Waals surface area contributed by atoms with Crippen LogP contribution in [-0.4, -0.2) is 61.4 Å². The van der Waals surface area contributed by atoms with E-state index in [-0.39, 0.29) is 23.3 Å². The average Bonchev–Trinajstić information content (AvgIpc) is 3.07. The molecule has 10 nitrogen and oxygen atoms in total. The van der Waals surface area contributed by atoms with Crippen molar-refractivity contribution in [1.29, 1.82) is 0 Å². The van der Waals surface area contributed by atoms with E-state index in [2.05, 4.69) is 20.5 Å². The van der Waals surface area contributed by atoms with Crippen LogP contribution in [0.2, 0.25) is 0 Å². The molecule has 1 aromatic heterocycles. The lowest BCUT2D eigenvalue weighted by atomic mass is 9.97. The molecule has 3 aromatic carbocycles. The molecule has 1 amide bonds. The number of carbonyl (C=O) groups excluding carboxylic acids is 1. The first kappa shape index (κ1) is 33.5. The van der Waals surface area contributed by atoms with Crippen molar-refractivity contribution in [3.8, 4) is 34.3 Å². The maximum atomic E-state index is 15.1. The third-order valence-electron chi connectivity index (χ3n) is 8.38. The second kappa shape index (κ2) is 15.6. The number of benzene rings is 3. The van der Waals surface area contributed by atoms with Gasteiger partial charge in [-0.2, -0.15) is 4.98 Å². The molecule has 47 heavy (non-hydrogen) atoms. The van der Waals surface area contributed by atoms with Gasteiger partial charge in [0.15, 0.2) is 23.1 Å². The van der Waals surface area contributed by atoms with Gasteiger partial charge in [-0.25, -0.2) is 14.2 Å². The highest BCUT2D eigenvalue weighted by Gasteiger charge is 2.17. The number of aromatic nitrogens is 2. The third kappa shape index (κ3) is 8.68. The SMILES string of the molecule is COc1ccc(OC(=O)Nc2cc(-c3ccc(C)c(C)c3C)nc(Nc3ccc(OCCCN4CCCCC4)c(F)c3)n2)c(OC)c1. The lowest BCUT2D eigenvalue weighted by molar-refractivity contribution is 0.203. The van der Waals surface area contributed by atoms with Gasteiger partial charge in [-0.15, -0.1) is 0 Å². The van der Waals surface area contributed by atoms with E-state index in [1.165, 1.54) is 39.5 Å². The molecule has 1 aliphatic heterocycles. The number of halogens is 1. The highest BCUT2D eigenvalue weighted by Crippen LogP contribution is 2.33. The molecule has 0 spiro atoms. The molecule has 4 aromatic rings. The Labute approximate surface area is 275 Å². The maximum Gasteiger partial charge on any atom is 0.418 e. The monoisotopic (exact) mass is 643 g/mol. The van der Waals surface area contributed by atoms with Gasteiger partial charge in [-0.05, 0) is 94.1 Å². The van der Waals surface area contributed by atoms with Crippen molar-refractivity contribution in [2.24, 2.45) is 0 Å². The van der Waals surface area contributed by atoms with Gasteiger partial charge in [-0.1, -0.05) is 18.6 Å². The first-order valence-electron chi connectivity index (χ1n) is 15.8. The van der Waals surface area contributed by atoms with Crippen molar-refractivity contribution >= 4 is 23.5 Å². The molecule has 1 aliphatic rings. The first-order valence-corrected chi connectivity index (χ1v) is 15.8. The lowest BCUT2D eigenvalue weighted by Crippen LogP contribution is -2.31. The van der Waals surface area contributed by atoms with E-state index in [0.717, 1.165) is 48.3 Å². The first-order chi connectivity index (χ1) is 22.7. The van der Waals surface area contributed by atoms with E-state index in [9.17, 15) is 4.79 Å². The molecule has 0 atom stereocenters. The van der Waals surface area contributed by atoms with E-state index in [1.807, 2.05) is 32.9 Å². The zero-order chi connectivity index (χ0) is 33.3. The number of rotatable bonds is 12. The standard InChI is InChI=1S/C36H42FN5O5/c1-23-10-13-28(25(3)24(23)2)30-22-34(41-36(43)47-32-15-12-27(44-4)21-33(32)45-5)40-35(39-30)38-26-11-14-31(29(37)20-26)46-19-9-18-42-16-7-6-8-17-42/h10-15,20-22H,6-9,16-19H2,1-5H3,(H2,38,39,40,41,43). The Morgan fingerprint density at radius 1 is 0.872 bits per heavy atom. The van der Waals surface area contributed by atoms with Gasteiger partial charge in [0, 0.05) is 36.0 Å². The fourth-order valence-electron chi connectivity index (χ4n) is 5.51. The molecule has 248 valence electrons. The number of likely N-dealkylation sites (tertiary alicyclic amines) is 1. The molecule has 0 aliphatic carbocycles. The van der Waals surface area contributed by atoms with Gasteiger partial charge in [0.1, 0.15) is 11.6 Å². The Hall–Kier alpha value is -4.90. The minimum absolute atomic E-state index is 0.159. The van der Waals surface area contributed by atoms with Gasteiger partial charge < -0.3 is 29.2 Å². The molecule has 0 bridgehead atoms. The quantitative estimate of drug-likeness (QED) is 0.149. The zero-order valence-corrected chi connectivity index (χ0v) is 27.6. The van der Waals surface area contributed by atoms with Crippen LogP contribution in [0.3, 0.4) is 0 Å². The summed E-state index contributed by atoms with van der Waals surface area (Å²) in [6.07, 6.45) is 3.82. The topological polar surface area (TPSA) is 107 Å². The summed E-state index contributed by atoms with van der Waals surface area (Å²) < 4.78 is 36.9. The molecule has 1 fully saturated rings. The summed E-state index contributed by atoms with van der Waals surface area (Å²) in [6.45, 7) is 9.75.